The van der Waals surface area contributed by atoms with E-state index in [9.17, 15) is 14.7 Å². The molecule has 0 unspecified atom stereocenters. The summed E-state index contributed by atoms with van der Waals surface area (Å²) in [6.45, 7) is 0.111. The van der Waals surface area contributed by atoms with E-state index in [2.05, 4.69) is 5.32 Å². The zero-order chi connectivity index (χ0) is 22.2. The molecule has 2 N–H and O–H groups in total. The van der Waals surface area contributed by atoms with Crippen LogP contribution in [-0.4, -0.2) is 50.6 Å². The average Bonchev–Trinajstić information content (AvgIpc) is 3.21. The van der Waals surface area contributed by atoms with Crippen LogP contribution in [0.15, 0.2) is 52.9 Å². The van der Waals surface area contributed by atoms with Crippen molar-refractivity contribution >= 4 is 22.8 Å². The van der Waals surface area contributed by atoms with Crippen molar-refractivity contribution in [2.24, 2.45) is 0 Å². The summed E-state index contributed by atoms with van der Waals surface area (Å²) in [4.78, 5) is 24.0. The summed E-state index contributed by atoms with van der Waals surface area (Å²) in [6, 6.07) is 12.5. The maximum Gasteiger partial charge on any atom is 0.328 e. The molecule has 9 nitrogen and oxygen atoms in total. The highest BCUT2D eigenvalue weighted by molar-refractivity contribution is 5.98. The number of hydrogen-bond acceptors (Lipinski definition) is 7. The normalized spacial score (nSPS) is 11.8. The topological polar surface area (TPSA) is 116 Å². The van der Waals surface area contributed by atoms with Gasteiger partial charge >= 0.3 is 5.97 Å². The molecular formula is C22H23NO8. The first kappa shape index (κ1) is 22.1. The van der Waals surface area contributed by atoms with Crippen molar-refractivity contribution in [3.63, 3.8) is 0 Å². The molecule has 0 spiro atoms. The number of benzene rings is 2. The van der Waals surface area contributed by atoms with E-state index in [4.69, 9.17) is 23.4 Å². The molecule has 2 aromatic carbocycles. The molecule has 1 heterocycles. The second-order valence-electron chi connectivity index (χ2n) is 6.59. The van der Waals surface area contributed by atoms with Gasteiger partial charge in [0.25, 0.3) is 5.91 Å². The van der Waals surface area contributed by atoms with Gasteiger partial charge in [0.2, 0.25) is 0 Å². The number of rotatable bonds is 11. The average molecular weight is 429 g/mol. The number of carboxylic acid groups (broad SMARTS) is 1. The lowest BCUT2D eigenvalue weighted by atomic mass is 10.2. The highest BCUT2D eigenvalue weighted by Gasteiger charge is 2.23. The molecule has 1 amide bonds. The van der Waals surface area contributed by atoms with Gasteiger partial charge in [0.15, 0.2) is 18.6 Å². The Morgan fingerprint density at radius 2 is 1.81 bits per heavy atom. The van der Waals surface area contributed by atoms with Gasteiger partial charge in [-0.3, -0.25) is 4.79 Å². The molecule has 9 heteroatoms. The summed E-state index contributed by atoms with van der Waals surface area (Å²) in [5, 5.41) is 12.5. The predicted molar refractivity (Wildman–Crippen MR) is 110 cm³/mol. The number of aliphatic carboxylic acids is 1. The van der Waals surface area contributed by atoms with Crippen molar-refractivity contribution in [1.29, 1.82) is 0 Å². The molecule has 0 aliphatic heterocycles. The van der Waals surface area contributed by atoms with Gasteiger partial charge in [-0.05, 0) is 42.0 Å². The Morgan fingerprint density at radius 3 is 2.48 bits per heavy atom. The first-order valence-electron chi connectivity index (χ1n) is 9.40. The van der Waals surface area contributed by atoms with Crippen LogP contribution >= 0.6 is 0 Å². The Balaban J connectivity index is 1.55. The highest BCUT2D eigenvalue weighted by atomic mass is 16.7. The number of furan rings is 1. The number of fused-ring (bicyclic) bond motifs is 1. The maximum atomic E-state index is 12.5. The minimum atomic E-state index is -1.24. The van der Waals surface area contributed by atoms with Gasteiger partial charge in [-0.15, -0.1) is 0 Å². The molecule has 3 rings (SSSR count). The number of nitrogens with one attached hydrogen (secondary N) is 1. The van der Waals surface area contributed by atoms with Crippen LogP contribution in [0.25, 0.3) is 11.0 Å². The van der Waals surface area contributed by atoms with Crippen LogP contribution in [0.1, 0.15) is 16.1 Å². The van der Waals surface area contributed by atoms with E-state index in [1.54, 1.807) is 42.5 Å². The lowest BCUT2D eigenvalue weighted by molar-refractivity contribution is -0.141. The van der Waals surface area contributed by atoms with E-state index in [1.807, 2.05) is 0 Å². The van der Waals surface area contributed by atoms with Gasteiger partial charge in [0.05, 0.1) is 20.3 Å². The van der Waals surface area contributed by atoms with Crippen LogP contribution < -0.4 is 14.8 Å². The minimum Gasteiger partial charge on any atom is -0.497 e. The third-order valence-corrected chi connectivity index (χ3v) is 4.37. The van der Waals surface area contributed by atoms with E-state index in [-0.39, 0.29) is 25.8 Å². The molecule has 0 saturated carbocycles. The fraction of sp³-hybridized carbons (Fsp3) is 0.273. The Bertz CT molecular complexity index is 1030. The lowest BCUT2D eigenvalue weighted by Gasteiger charge is -2.14. The highest BCUT2D eigenvalue weighted by Crippen LogP contribution is 2.24. The summed E-state index contributed by atoms with van der Waals surface area (Å²) in [6.07, 6.45) is 0. The molecule has 164 valence electrons. The van der Waals surface area contributed by atoms with Crippen LogP contribution in [0, 0.1) is 0 Å². The summed E-state index contributed by atoms with van der Waals surface area (Å²) >= 11 is 0. The second-order valence-corrected chi connectivity index (χ2v) is 6.59. The van der Waals surface area contributed by atoms with Crippen molar-refractivity contribution in [1.82, 2.24) is 5.32 Å². The molecule has 0 bridgehead atoms. The Kier molecular flexibility index (Phi) is 7.47. The Morgan fingerprint density at radius 1 is 1.06 bits per heavy atom. The van der Waals surface area contributed by atoms with Crippen LogP contribution in [0.4, 0.5) is 0 Å². The number of ether oxygens (including phenoxy) is 4. The van der Waals surface area contributed by atoms with E-state index in [0.717, 1.165) is 5.56 Å². The van der Waals surface area contributed by atoms with Gasteiger partial charge in [-0.2, -0.15) is 0 Å². The fourth-order valence-corrected chi connectivity index (χ4v) is 2.77. The molecule has 1 atom stereocenters. The van der Waals surface area contributed by atoms with E-state index >= 15 is 0 Å². The van der Waals surface area contributed by atoms with E-state index < -0.39 is 17.9 Å². The third-order valence-electron chi connectivity index (χ3n) is 4.37. The maximum absolute atomic E-state index is 12.5. The summed E-state index contributed by atoms with van der Waals surface area (Å²) in [5.41, 5.74) is 1.32. The number of amides is 1. The summed E-state index contributed by atoms with van der Waals surface area (Å²) < 4.78 is 26.3. The summed E-state index contributed by atoms with van der Waals surface area (Å²) in [5.74, 6) is -0.596. The van der Waals surface area contributed by atoms with E-state index in [0.29, 0.717) is 22.5 Å². The molecule has 31 heavy (non-hydrogen) atoms. The number of carbonyl (C=O) groups excluding carboxylic acids is 1. The molecule has 0 fully saturated rings. The van der Waals surface area contributed by atoms with Gasteiger partial charge in [-0.1, -0.05) is 12.1 Å². The van der Waals surface area contributed by atoms with Crippen LogP contribution in [-0.2, 0) is 20.9 Å². The molecule has 0 radical (unpaired) electrons. The zero-order valence-electron chi connectivity index (χ0n) is 17.1. The molecule has 0 aliphatic carbocycles. The quantitative estimate of drug-likeness (QED) is 0.447. The number of hydrogen-bond donors (Lipinski definition) is 2. The SMILES string of the molecule is COCOc1ccc(COC[C@H](NC(=O)c2cc3cc(OC)ccc3o2)C(=O)O)cc1. The van der Waals surface area contributed by atoms with E-state index in [1.165, 1.54) is 20.3 Å². The monoisotopic (exact) mass is 429 g/mol. The molecule has 1 aromatic heterocycles. The van der Waals surface area contributed by atoms with Crippen LogP contribution in [0.3, 0.4) is 0 Å². The molecule has 0 saturated heterocycles. The smallest absolute Gasteiger partial charge is 0.328 e. The minimum absolute atomic E-state index is 0.00107. The Hall–Kier alpha value is -3.56. The van der Waals surface area contributed by atoms with Crippen molar-refractivity contribution < 1.29 is 38.1 Å². The number of methoxy groups -OCH3 is 2. The van der Waals surface area contributed by atoms with Crippen LogP contribution in [0.5, 0.6) is 11.5 Å². The number of carboxylic acids is 1. The van der Waals surface area contributed by atoms with Crippen molar-refractivity contribution in [3.05, 3.63) is 59.9 Å². The number of carbonyl (C=O) groups is 2. The standard InChI is InChI=1S/C22H23NO8/c1-27-13-30-16-5-3-14(4-6-16)11-29-12-18(22(25)26)23-21(24)20-10-15-9-17(28-2)7-8-19(15)31-20/h3-10,18H,11-13H2,1-2H3,(H,23,24)(H,25,26)/t18-/m0/s1. The first-order chi connectivity index (χ1) is 15.0. The van der Waals surface area contributed by atoms with Gasteiger partial charge in [0, 0.05) is 12.5 Å². The largest absolute Gasteiger partial charge is 0.497 e. The zero-order valence-corrected chi connectivity index (χ0v) is 17.1. The molecule has 3 aromatic rings. The van der Waals surface area contributed by atoms with Gasteiger partial charge < -0.3 is 33.8 Å². The van der Waals surface area contributed by atoms with Gasteiger partial charge in [0.1, 0.15) is 17.1 Å². The fourth-order valence-electron chi connectivity index (χ4n) is 2.77. The van der Waals surface area contributed by atoms with Crippen molar-refractivity contribution in [3.8, 4) is 11.5 Å². The Labute approximate surface area is 178 Å². The lowest BCUT2D eigenvalue weighted by Crippen LogP contribution is -2.43. The molecular weight excluding hydrogens is 406 g/mol. The van der Waals surface area contributed by atoms with Crippen LogP contribution in [0.2, 0.25) is 0 Å². The van der Waals surface area contributed by atoms with Gasteiger partial charge in [-0.25, -0.2) is 4.79 Å². The third kappa shape index (κ3) is 5.97. The summed E-state index contributed by atoms with van der Waals surface area (Å²) in [7, 11) is 3.07. The second kappa shape index (κ2) is 10.5. The molecule has 0 aliphatic rings. The van der Waals surface area contributed by atoms with Crippen molar-refractivity contribution in [2.45, 2.75) is 12.6 Å². The predicted octanol–water partition coefficient (Wildman–Crippen LogP) is 2.82. The first-order valence-corrected chi connectivity index (χ1v) is 9.40. The van der Waals surface area contributed by atoms with Crippen molar-refractivity contribution in [2.75, 3.05) is 27.6 Å².